The van der Waals surface area contributed by atoms with E-state index in [1.807, 2.05) is 6.07 Å². The van der Waals surface area contributed by atoms with Crippen molar-refractivity contribution in [3.8, 4) is 5.75 Å². The summed E-state index contributed by atoms with van der Waals surface area (Å²) in [5, 5.41) is 20.6. The molecule has 1 unspecified atom stereocenters. The summed E-state index contributed by atoms with van der Waals surface area (Å²) in [6.07, 6.45) is 2.03. The van der Waals surface area contributed by atoms with Gasteiger partial charge in [-0.15, -0.1) is 0 Å². The van der Waals surface area contributed by atoms with Crippen molar-refractivity contribution in [2.45, 2.75) is 18.9 Å². The Kier molecular flexibility index (Phi) is 5.04. The molecular weight excluding hydrogens is 178 g/mol. The highest BCUT2D eigenvalue weighted by molar-refractivity contribution is 5.18. The SMILES string of the molecule is OC1CCCNC1.Oc1ccccc1. The van der Waals surface area contributed by atoms with Gasteiger partial charge in [0.15, 0.2) is 0 Å². The van der Waals surface area contributed by atoms with E-state index in [1.54, 1.807) is 24.3 Å². The van der Waals surface area contributed by atoms with E-state index in [4.69, 9.17) is 10.2 Å². The van der Waals surface area contributed by atoms with Crippen LogP contribution in [0.25, 0.3) is 0 Å². The summed E-state index contributed by atoms with van der Waals surface area (Å²) in [6.45, 7) is 1.87. The summed E-state index contributed by atoms with van der Waals surface area (Å²) in [4.78, 5) is 0. The summed E-state index contributed by atoms with van der Waals surface area (Å²) in [6, 6.07) is 8.71. The number of hydrogen-bond donors (Lipinski definition) is 3. The molecule has 1 aromatic rings. The molecule has 0 aromatic heterocycles. The standard InChI is InChI=1S/C6H6O.C5H11NO/c7-6-4-2-1-3-5-6;7-5-2-1-3-6-4-5/h1-5,7H;5-7H,1-4H2. The second kappa shape index (κ2) is 6.40. The highest BCUT2D eigenvalue weighted by Gasteiger charge is 2.06. The number of β-amino-alcohol motifs (C(OH)–C–C–N with tert-alkyl or cyclic N) is 1. The molecule has 2 rings (SSSR count). The highest BCUT2D eigenvalue weighted by Crippen LogP contribution is 2.02. The zero-order valence-corrected chi connectivity index (χ0v) is 8.19. The van der Waals surface area contributed by atoms with Gasteiger partial charge in [-0.3, -0.25) is 0 Å². The van der Waals surface area contributed by atoms with Crippen molar-refractivity contribution < 1.29 is 10.2 Å². The molecule has 1 aliphatic rings. The summed E-state index contributed by atoms with van der Waals surface area (Å²) >= 11 is 0. The van der Waals surface area contributed by atoms with Crippen molar-refractivity contribution >= 4 is 0 Å². The second-order valence-electron chi connectivity index (χ2n) is 3.34. The molecule has 1 atom stereocenters. The van der Waals surface area contributed by atoms with Crippen molar-refractivity contribution in [3.63, 3.8) is 0 Å². The predicted molar refractivity (Wildman–Crippen MR) is 56.2 cm³/mol. The molecule has 3 nitrogen and oxygen atoms in total. The number of aliphatic hydroxyl groups excluding tert-OH is 1. The van der Waals surface area contributed by atoms with Crippen LogP contribution in [0.4, 0.5) is 0 Å². The maximum Gasteiger partial charge on any atom is 0.115 e. The van der Waals surface area contributed by atoms with Gasteiger partial charge in [0.05, 0.1) is 6.10 Å². The lowest BCUT2D eigenvalue weighted by Gasteiger charge is -2.16. The molecular formula is C11H17NO2. The Bertz CT molecular complexity index is 232. The van der Waals surface area contributed by atoms with Gasteiger partial charge in [-0.05, 0) is 31.5 Å². The maximum atomic E-state index is 8.85. The monoisotopic (exact) mass is 195 g/mol. The molecule has 1 fully saturated rings. The molecule has 3 N–H and O–H groups in total. The van der Waals surface area contributed by atoms with Gasteiger partial charge in [-0.25, -0.2) is 0 Å². The van der Waals surface area contributed by atoms with Gasteiger partial charge in [0.25, 0.3) is 0 Å². The summed E-state index contributed by atoms with van der Waals surface area (Å²) in [5.74, 6) is 0.322. The van der Waals surface area contributed by atoms with Crippen LogP contribution < -0.4 is 5.32 Å². The van der Waals surface area contributed by atoms with Gasteiger partial charge in [-0.1, -0.05) is 18.2 Å². The molecule has 0 spiro atoms. The van der Waals surface area contributed by atoms with Gasteiger partial charge in [0.1, 0.15) is 5.75 Å². The van der Waals surface area contributed by atoms with Crippen LogP contribution in [0.5, 0.6) is 5.75 Å². The van der Waals surface area contributed by atoms with Crippen LogP contribution >= 0.6 is 0 Å². The average molecular weight is 195 g/mol. The lowest BCUT2D eigenvalue weighted by molar-refractivity contribution is 0.142. The minimum absolute atomic E-state index is 0.0752. The van der Waals surface area contributed by atoms with E-state index in [9.17, 15) is 0 Å². The van der Waals surface area contributed by atoms with Crippen LogP contribution in [-0.4, -0.2) is 29.4 Å². The smallest absolute Gasteiger partial charge is 0.115 e. The van der Waals surface area contributed by atoms with Crippen molar-refractivity contribution in [1.29, 1.82) is 0 Å². The second-order valence-corrected chi connectivity index (χ2v) is 3.34. The number of aromatic hydroxyl groups is 1. The molecule has 1 aliphatic heterocycles. The van der Waals surface area contributed by atoms with E-state index in [0.717, 1.165) is 25.9 Å². The molecule has 0 aliphatic carbocycles. The molecule has 1 aromatic carbocycles. The largest absolute Gasteiger partial charge is 0.508 e. The van der Waals surface area contributed by atoms with E-state index >= 15 is 0 Å². The van der Waals surface area contributed by atoms with E-state index in [0.29, 0.717) is 5.75 Å². The Morgan fingerprint density at radius 2 is 1.93 bits per heavy atom. The fourth-order valence-electron chi connectivity index (χ4n) is 1.26. The Morgan fingerprint density at radius 3 is 2.21 bits per heavy atom. The number of piperidine rings is 1. The fourth-order valence-corrected chi connectivity index (χ4v) is 1.26. The number of para-hydroxylation sites is 1. The van der Waals surface area contributed by atoms with Crippen molar-refractivity contribution in [3.05, 3.63) is 30.3 Å². The van der Waals surface area contributed by atoms with Crippen LogP contribution in [-0.2, 0) is 0 Å². The number of nitrogens with one attached hydrogen (secondary N) is 1. The first-order valence-corrected chi connectivity index (χ1v) is 4.92. The Labute approximate surface area is 84.4 Å². The topological polar surface area (TPSA) is 52.5 Å². The normalized spacial score (nSPS) is 20.8. The summed E-state index contributed by atoms with van der Waals surface area (Å²) in [5.41, 5.74) is 0. The van der Waals surface area contributed by atoms with Crippen molar-refractivity contribution in [2.75, 3.05) is 13.1 Å². The average Bonchev–Trinajstić information content (AvgIpc) is 2.21. The van der Waals surface area contributed by atoms with Gasteiger partial charge < -0.3 is 15.5 Å². The van der Waals surface area contributed by atoms with Crippen LogP contribution in [0.3, 0.4) is 0 Å². The Morgan fingerprint density at radius 1 is 1.21 bits per heavy atom. The van der Waals surface area contributed by atoms with Crippen molar-refractivity contribution in [1.82, 2.24) is 5.32 Å². The van der Waals surface area contributed by atoms with E-state index < -0.39 is 0 Å². The zero-order valence-electron chi connectivity index (χ0n) is 8.19. The van der Waals surface area contributed by atoms with E-state index in [1.165, 1.54) is 0 Å². The quantitative estimate of drug-likeness (QED) is 0.581. The van der Waals surface area contributed by atoms with Crippen LogP contribution in [0, 0.1) is 0 Å². The minimum Gasteiger partial charge on any atom is -0.508 e. The summed E-state index contributed by atoms with van der Waals surface area (Å²) < 4.78 is 0. The fraction of sp³-hybridized carbons (Fsp3) is 0.455. The predicted octanol–water partition coefficient (Wildman–Crippen LogP) is 1.12. The van der Waals surface area contributed by atoms with Crippen LogP contribution in [0.15, 0.2) is 30.3 Å². The summed E-state index contributed by atoms with van der Waals surface area (Å²) in [7, 11) is 0. The number of phenolic OH excluding ortho intramolecular Hbond substituents is 1. The molecule has 1 saturated heterocycles. The number of aliphatic hydroxyl groups is 1. The number of hydrogen-bond acceptors (Lipinski definition) is 3. The molecule has 3 heteroatoms. The molecule has 0 bridgehead atoms. The lowest BCUT2D eigenvalue weighted by Crippen LogP contribution is -2.33. The number of benzene rings is 1. The number of rotatable bonds is 0. The van der Waals surface area contributed by atoms with Crippen molar-refractivity contribution in [2.24, 2.45) is 0 Å². The molecule has 14 heavy (non-hydrogen) atoms. The third-order valence-electron chi connectivity index (χ3n) is 2.03. The highest BCUT2D eigenvalue weighted by atomic mass is 16.3. The molecule has 78 valence electrons. The maximum absolute atomic E-state index is 8.85. The molecule has 1 heterocycles. The Hall–Kier alpha value is -1.06. The lowest BCUT2D eigenvalue weighted by atomic mass is 10.1. The first kappa shape index (κ1) is 11.0. The van der Waals surface area contributed by atoms with Gasteiger partial charge in [-0.2, -0.15) is 0 Å². The first-order valence-electron chi connectivity index (χ1n) is 4.92. The Balaban J connectivity index is 0.000000140. The van der Waals surface area contributed by atoms with E-state index in [2.05, 4.69) is 5.32 Å². The molecule has 0 saturated carbocycles. The molecule has 0 radical (unpaired) electrons. The zero-order chi connectivity index (χ0) is 10.2. The number of phenols is 1. The van der Waals surface area contributed by atoms with Gasteiger partial charge >= 0.3 is 0 Å². The van der Waals surface area contributed by atoms with E-state index in [-0.39, 0.29) is 6.10 Å². The van der Waals surface area contributed by atoms with Crippen LogP contribution in [0.1, 0.15) is 12.8 Å². The first-order chi connectivity index (χ1) is 6.79. The van der Waals surface area contributed by atoms with Crippen LogP contribution in [0.2, 0.25) is 0 Å². The third kappa shape index (κ3) is 4.84. The van der Waals surface area contributed by atoms with Gasteiger partial charge in [0.2, 0.25) is 0 Å². The minimum atomic E-state index is -0.0752. The molecule has 0 amide bonds. The van der Waals surface area contributed by atoms with Gasteiger partial charge in [0, 0.05) is 6.54 Å². The third-order valence-corrected chi connectivity index (χ3v) is 2.03.